The van der Waals surface area contributed by atoms with Gasteiger partial charge in [-0.15, -0.1) is 0 Å². The molecule has 0 saturated heterocycles. The van der Waals surface area contributed by atoms with Gasteiger partial charge in [-0.05, 0) is 56.0 Å². The van der Waals surface area contributed by atoms with Gasteiger partial charge in [0.25, 0.3) is 0 Å². The van der Waals surface area contributed by atoms with Gasteiger partial charge in [0, 0.05) is 49.1 Å². The summed E-state index contributed by atoms with van der Waals surface area (Å²) in [4.78, 5) is 27.3. The predicted molar refractivity (Wildman–Crippen MR) is 141 cm³/mol. The quantitative estimate of drug-likeness (QED) is 0.389. The van der Waals surface area contributed by atoms with E-state index in [0.717, 1.165) is 52.8 Å². The number of amides is 1. The minimum Gasteiger partial charge on any atom is -0.439 e. The molecule has 2 atom stereocenters. The molecule has 184 valence electrons. The number of anilines is 1. The fraction of sp³-hybridized carbons (Fsp3) is 0.286. The van der Waals surface area contributed by atoms with Crippen molar-refractivity contribution in [2.75, 3.05) is 12.8 Å². The Kier molecular flexibility index (Phi) is 6.18. The minimum atomic E-state index is -0.0493. The molecule has 36 heavy (non-hydrogen) atoms. The maximum absolute atomic E-state index is 12.2. The average Bonchev–Trinajstić information content (AvgIpc) is 3.47. The summed E-state index contributed by atoms with van der Waals surface area (Å²) in [6.07, 6.45) is 5.64. The summed E-state index contributed by atoms with van der Waals surface area (Å²) < 4.78 is 8.09. The second-order valence-corrected chi connectivity index (χ2v) is 9.34. The van der Waals surface area contributed by atoms with Gasteiger partial charge >= 0.3 is 0 Å². The van der Waals surface area contributed by atoms with Gasteiger partial charge in [-0.3, -0.25) is 4.79 Å². The number of fused-ring (bicyclic) bond motifs is 1. The number of rotatable bonds is 6. The molecule has 5 rings (SSSR count). The lowest BCUT2D eigenvalue weighted by Crippen LogP contribution is -2.34. The van der Waals surface area contributed by atoms with Crippen LogP contribution in [0.2, 0.25) is 0 Å². The Morgan fingerprint density at radius 1 is 1.19 bits per heavy atom. The van der Waals surface area contributed by atoms with Crippen molar-refractivity contribution in [1.82, 2.24) is 24.4 Å². The van der Waals surface area contributed by atoms with Crippen LogP contribution in [0.25, 0.3) is 22.2 Å². The first-order chi connectivity index (χ1) is 17.4. The number of benzene rings is 1. The minimum absolute atomic E-state index is 0.0493. The number of aromatic nitrogens is 4. The maximum atomic E-state index is 12.2. The number of carbonyl (C=O) groups excluding carboxylic acids is 1. The molecule has 0 radical (unpaired) electrons. The maximum Gasteiger partial charge on any atom is 0.245 e. The van der Waals surface area contributed by atoms with Crippen LogP contribution in [0.5, 0.6) is 11.6 Å². The molecule has 1 amide bonds. The second kappa shape index (κ2) is 9.45. The van der Waals surface area contributed by atoms with Crippen LogP contribution in [0, 0.1) is 6.92 Å². The van der Waals surface area contributed by atoms with Gasteiger partial charge in [-0.2, -0.15) is 0 Å². The molecule has 0 aliphatic heterocycles. The molecule has 3 aromatic heterocycles. The van der Waals surface area contributed by atoms with Crippen molar-refractivity contribution in [2.45, 2.75) is 38.1 Å². The van der Waals surface area contributed by atoms with Crippen molar-refractivity contribution in [3.05, 3.63) is 72.8 Å². The zero-order valence-electron chi connectivity index (χ0n) is 20.8. The van der Waals surface area contributed by atoms with E-state index in [1.54, 1.807) is 4.90 Å². The summed E-state index contributed by atoms with van der Waals surface area (Å²) in [5.74, 6) is 1.91. The van der Waals surface area contributed by atoms with Gasteiger partial charge in [0.1, 0.15) is 23.5 Å². The summed E-state index contributed by atoms with van der Waals surface area (Å²) in [7, 11) is 3.88. The Labute approximate surface area is 210 Å². The molecular weight excluding hydrogens is 452 g/mol. The Balaban J connectivity index is 1.54. The van der Waals surface area contributed by atoms with Crippen LogP contribution in [0.15, 0.2) is 61.4 Å². The van der Waals surface area contributed by atoms with Crippen LogP contribution in [0.1, 0.15) is 36.6 Å². The van der Waals surface area contributed by atoms with E-state index < -0.39 is 0 Å². The number of aryl methyl sites for hydroxylation is 2. The first-order valence-electron chi connectivity index (χ1n) is 12.1. The first kappa shape index (κ1) is 23.5. The van der Waals surface area contributed by atoms with Gasteiger partial charge in [0.2, 0.25) is 11.8 Å². The summed E-state index contributed by atoms with van der Waals surface area (Å²) >= 11 is 0. The predicted octanol–water partition coefficient (Wildman–Crippen LogP) is 4.99. The van der Waals surface area contributed by atoms with Crippen LogP contribution >= 0.6 is 0 Å². The molecule has 2 N–H and O–H groups in total. The molecular formula is C28H30N6O2. The number of carbonyl (C=O) groups is 1. The van der Waals surface area contributed by atoms with Crippen molar-refractivity contribution in [2.24, 2.45) is 7.05 Å². The fourth-order valence-electron chi connectivity index (χ4n) is 5.33. The third kappa shape index (κ3) is 4.19. The van der Waals surface area contributed by atoms with E-state index in [2.05, 4.69) is 26.1 Å². The summed E-state index contributed by atoms with van der Waals surface area (Å²) in [5.41, 5.74) is 11.3. The second-order valence-electron chi connectivity index (χ2n) is 9.34. The van der Waals surface area contributed by atoms with Crippen LogP contribution in [0.3, 0.4) is 0 Å². The van der Waals surface area contributed by atoms with Crippen molar-refractivity contribution >= 4 is 22.8 Å². The summed E-state index contributed by atoms with van der Waals surface area (Å²) in [6, 6.07) is 13.8. The van der Waals surface area contributed by atoms with Gasteiger partial charge in [0.05, 0.1) is 5.39 Å². The largest absolute Gasteiger partial charge is 0.439 e. The monoisotopic (exact) mass is 482 g/mol. The lowest BCUT2D eigenvalue weighted by atomic mass is 9.94. The number of nitrogen functional groups attached to an aromatic ring is 1. The molecule has 0 spiro atoms. The van der Waals surface area contributed by atoms with Crippen LogP contribution in [-0.4, -0.2) is 43.4 Å². The van der Waals surface area contributed by atoms with Crippen LogP contribution < -0.4 is 10.5 Å². The Hall–Kier alpha value is -4.20. The highest BCUT2D eigenvalue weighted by atomic mass is 16.5. The number of nitrogens with two attached hydrogens (primary N) is 1. The van der Waals surface area contributed by atoms with Crippen molar-refractivity contribution in [1.29, 1.82) is 0 Å². The van der Waals surface area contributed by atoms with Crippen molar-refractivity contribution < 1.29 is 9.53 Å². The molecule has 1 aromatic carbocycles. The lowest BCUT2D eigenvalue weighted by Gasteiger charge is -2.23. The van der Waals surface area contributed by atoms with E-state index in [1.165, 1.54) is 12.4 Å². The molecule has 0 bridgehead atoms. The average molecular weight is 483 g/mol. The number of likely N-dealkylation sites (N-methyl/N-ethyl adjacent to an activating group) is 1. The molecule has 1 aliphatic rings. The zero-order valence-corrected chi connectivity index (χ0v) is 20.8. The standard InChI is InChI=1S/C28H30N6O2/c1-5-23(35)33(3)20-12-9-19(15-20)26-24(25-27(29)30-16-31-28(25)34(26)4)18-10-13-21(14-11-18)36-22-8-6-7-17(2)32-22/h5-8,10-11,13-14,16,19-20H,1,9,12,15H2,2-4H3,(H2,29,30,31). The molecule has 8 heteroatoms. The van der Waals surface area contributed by atoms with Gasteiger partial charge in [-0.25, -0.2) is 15.0 Å². The Bertz CT molecular complexity index is 1440. The van der Waals surface area contributed by atoms with E-state index >= 15 is 0 Å². The first-order valence-corrected chi connectivity index (χ1v) is 12.1. The van der Waals surface area contributed by atoms with E-state index in [9.17, 15) is 4.79 Å². The number of ether oxygens (including phenoxy) is 1. The van der Waals surface area contributed by atoms with E-state index in [1.807, 2.05) is 63.5 Å². The fourth-order valence-corrected chi connectivity index (χ4v) is 5.33. The number of hydrogen-bond donors (Lipinski definition) is 1. The van der Waals surface area contributed by atoms with E-state index in [0.29, 0.717) is 17.4 Å². The zero-order chi connectivity index (χ0) is 25.4. The number of nitrogens with zero attached hydrogens (tertiary/aromatic N) is 5. The third-order valence-electron chi connectivity index (χ3n) is 7.13. The Morgan fingerprint density at radius 3 is 2.69 bits per heavy atom. The summed E-state index contributed by atoms with van der Waals surface area (Å²) in [5, 5.41) is 0.850. The normalized spacial score (nSPS) is 17.3. The van der Waals surface area contributed by atoms with Gasteiger partial charge in [0.15, 0.2) is 0 Å². The Morgan fingerprint density at radius 2 is 1.97 bits per heavy atom. The highest BCUT2D eigenvalue weighted by Crippen LogP contribution is 2.46. The van der Waals surface area contributed by atoms with E-state index in [-0.39, 0.29) is 17.9 Å². The van der Waals surface area contributed by atoms with Crippen LogP contribution in [0.4, 0.5) is 5.82 Å². The topological polar surface area (TPSA) is 99.2 Å². The molecule has 4 aromatic rings. The van der Waals surface area contributed by atoms with Crippen molar-refractivity contribution in [3.63, 3.8) is 0 Å². The van der Waals surface area contributed by atoms with Crippen molar-refractivity contribution in [3.8, 4) is 22.8 Å². The highest BCUT2D eigenvalue weighted by Gasteiger charge is 2.34. The molecule has 1 aliphatic carbocycles. The van der Waals surface area contributed by atoms with Crippen LogP contribution in [-0.2, 0) is 11.8 Å². The molecule has 1 saturated carbocycles. The molecule has 2 unspecified atom stereocenters. The number of hydrogen-bond acceptors (Lipinski definition) is 6. The highest BCUT2D eigenvalue weighted by molar-refractivity contribution is 6.02. The smallest absolute Gasteiger partial charge is 0.245 e. The van der Waals surface area contributed by atoms with Gasteiger partial charge < -0.3 is 19.9 Å². The number of pyridine rings is 1. The molecule has 3 heterocycles. The van der Waals surface area contributed by atoms with Gasteiger partial charge in [-0.1, -0.05) is 24.8 Å². The van der Waals surface area contributed by atoms with E-state index in [4.69, 9.17) is 10.5 Å². The SMILES string of the molecule is C=CC(=O)N(C)C1CCC(c2c(-c3ccc(Oc4cccc(C)n4)cc3)c3c(N)ncnc3n2C)C1. The lowest BCUT2D eigenvalue weighted by molar-refractivity contribution is -0.126. The third-order valence-corrected chi connectivity index (χ3v) is 7.13. The molecule has 1 fully saturated rings. The summed E-state index contributed by atoms with van der Waals surface area (Å²) in [6.45, 7) is 5.57. The molecule has 8 nitrogen and oxygen atoms in total.